The van der Waals surface area contributed by atoms with E-state index >= 15 is 0 Å². The molecule has 2 heterocycles. The van der Waals surface area contributed by atoms with Crippen LogP contribution in [-0.2, 0) is 4.79 Å². The van der Waals surface area contributed by atoms with Crippen LogP contribution in [-0.4, -0.2) is 50.0 Å². The van der Waals surface area contributed by atoms with Gasteiger partial charge in [-0.3, -0.25) is 4.79 Å². The summed E-state index contributed by atoms with van der Waals surface area (Å²) in [6, 6.07) is 24.7. The highest BCUT2D eigenvalue weighted by Gasteiger charge is 2.31. The van der Waals surface area contributed by atoms with Crippen LogP contribution in [0.25, 0.3) is 10.9 Å². The Labute approximate surface area is 217 Å². The Morgan fingerprint density at radius 3 is 2.26 bits per heavy atom. The summed E-state index contributed by atoms with van der Waals surface area (Å²) in [6.45, 7) is 3.12. The van der Waals surface area contributed by atoms with Crippen molar-refractivity contribution in [1.29, 1.82) is 0 Å². The first-order valence-electron chi connectivity index (χ1n) is 12.1. The largest absolute Gasteiger partial charge is 0.573 e. The number of anilines is 3. The Morgan fingerprint density at radius 2 is 1.55 bits per heavy atom. The predicted octanol–water partition coefficient (Wildman–Crippen LogP) is 5.48. The SMILES string of the molecule is O=C(COc1cccc2ccc(N3CCN(c4ccccc4)CC3)nc12)Nc1ccc(OC(F)(F)F)cc1. The molecule has 10 heteroatoms. The first-order chi connectivity index (χ1) is 18.3. The maximum Gasteiger partial charge on any atom is 0.573 e. The van der Waals surface area contributed by atoms with Gasteiger partial charge in [0.25, 0.3) is 5.91 Å². The smallest absolute Gasteiger partial charge is 0.481 e. The number of ether oxygens (including phenoxy) is 2. The van der Waals surface area contributed by atoms with Crippen LogP contribution in [0.15, 0.2) is 84.9 Å². The molecular weight excluding hydrogens is 497 g/mol. The van der Waals surface area contributed by atoms with Crippen molar-refractivity contribution in [3.8, 4) is 11.5 Å². The van der Waals surface area contributed by atoms with Gasteiger partial charge in [-0.1, -0.05) is 30.3 Å². The quantitative estimate of drug-likeness (QED) is 0.347. The molecule has 1 saturated heterocycles. The molecule has 4 aromatic rings. The van der Waals surface area contributed by atoms with Crippen molar-refractivity contribution in [2.75, 3.05) is 47.9 Å². The molecule has 5 rings (SSSR count). The van der Waals surface area contributed by atoms with Crippen molar-refractivity contribution in [2.45, 2.75) is 6.36 Å². The predicted molar refractivity (Wildman–Crippen MR) is 140 cm³/mol. The molecule has 1 N–H and O–H groups in total. The third-order valence-electron chi connectivity index (χ3n) is 6.12. The zero-order valence-electron chi connectivity index (χ0n) is 20.3. The molecule has 0 atom stereocenters. The third-order valence-corrected chi connectivity index (χ3v) is 6.12. The number of nitrogens with zero attached hydrogens (tertiary/aromatic N) is 3. The van der Waals surface area contributed by atoms with Crippen LogP contribution in [0.4, 0.5) is 30.4 Å². The molecular formula is C28H25F3N4O3. The molecule has 0 aliphatic carbocycles. The van der Waals surface area contributed by atoms with Gasteiger partial charge in [0.05, 0.1) is 0 Å². The molecule has 0 bridgehead atoms. The zero-order chi connectivity index (χ0) is 26.5. The van der Waals surface area contributed by atoms with Gasteiger partial charge in [0.2, 0.25) is 0 Å². The summed E-state index contributed by atoms with van der Waals surface area (Å²) in [6.07, 6.45) is -4.78. The number of halogens is 3. The topological polar surface area (TPSA) is 66.9 Å². The van der Waals surface area contributed by atoms with Gasteiger partial charge in [-0.25, -0.2) is 4.98 Å². The average molecular weight is 523 g/mol. The standard InChI is InChI=1S/C28H25F3N4O3/c29-28(30,31)38-23-12-10-21(11-13-23)32-26(36)19-37-24-8-4-5-20-9-14-25(33-27(20)24)35-17-15-34(16-18-35)22-6-2-1-3-7-22/h1-14H,15-19H2,(H,32,36). The molecule has 3 aromatic carbocycles. The lowest BCUT2D eigenvalue weighted by atomic mass is 10.2. The van der Waals surface area contributed by atoms with E-state index in [-0.39, 0.29) is 12.4 Å². The van der Waals surface area contributed by atoms with Crippen molar-refractivity contribution < 1.29 is 27.4 Å². The maximum atomic E-state index is 12.4. The Hall–Kier alpha value is -4.47. The number of benzene rings is 3. The fourth-order valence-corrected chi connectivity index (χ4v) is 4.32. The van der Waals surface area contributed by atoms with Gasteiger partial charge in [-0.05, 0) is 54.6 Å². The molecule has 1 aliphatic heterocycles. The minimum Gasteiger partial charge on any atom is -0.481 e. The summed E-state index contributed by atoms with van der Waals surface area (Å²) in [5.74, 6) is 0.480. The van der Waals surface area contributed by atoms with Crippen LogP contribution in [0.1, 0.15) is 0 Å². The number of para-hydroxylation sites is 2. The van der Waals surface area contributed by atoms with Crippen molar-refractivity contribution in [3.63, 3.8) is 0 Å². The average Bonchev–Trinajstić information content (AvgIpc) is 2.92. The van der Waals surface area contributed by atoms with Gasteiger partial charge in [0.1, 0.15) is 22.8 Å². The molecule has 0 radical (unpaired) electrons. The highest BCUT2D eigenvalue weighted by molar-refractivity contribution is 5.92. The second kappa shape index (κ2) is 10.9. The molecule has 1 aliphatic rings. The first kappa shape index (κ1) is 25.2. The summed E-state index contributed by atoms with van der Waals surface area (Å²) in [5.41, 5.74) is 2.18. The van der Waals surface area contributed by atoms with Crippen LogP contribution >= 0.6 is 0 Å². The van der Waals surface area contributed by atoms with Crippen molar-refractivity contribution in [2.24, 2.45) is 0 Å². The molecule has 0 spiro atoms. The minimum absolute atomic E-state index is 0.290. The fourth-order valence-electron chi connectivity index (χ4n) is 4.32. The van der Waals surface area contributed by atoms with Crippen molar-refractivity contribution in [1.82, 2.24) is 4.98 Å². The van der Waals surface area contributed by atoms with Crippen LogP contribution < -0.4 is 24.6 Å². The van der Waals surface area contributed by atoms with E-state index < -0.39 is 12.3 Å². The number of alkyl halides is 3. The molecule has 196 valence electrons. The molecule has 0 saturated carbocycles. The second-order valence-electron chi connectivity index (χ2n) is 8.72. The number of hydrogen-bond donors (Lipinski definition) is 1. The van der Waals surface area contributed by atoms with Gasteiger partial charge < -0.3 is 24.6 Å². The van der Waals surface area contributed by atoms with E-state index in [2.05, 4.69) is 32.0 Å². The summed E-state index contributed by atoms with van der Waals surface area (Å²) in [4.78, 5) is 21.8. The monoisotopic (exact) mass is 522 g/mol. The number of amides is 1. The minimum atomic E-state index is -4.78. The molecule has 38 heavy (non-hydrogen) atoms. The molecule has 7 nitrogen and oxygen atoms in total. The van der Waals surface area contributed by atoms with Crippen LogP contribution in [0, 0.1) is 0 Å². The van der Waals surface area contributed by atoms with Crippen LogP contribution in [0.3, 0.4) is 0 Å². The van der Waals surface area contributed by atoms with Gasteiger partial charge in [-0.15, -0.1) is 13.2 Å². The summed E-state index contributed by atoms with van der Waals surface area (Å²) < 4.78 is 46.6. The second-order valence-corrected chi connectivity index (χ2v) is 8.72. The lowest BCUT2D eigenvalue weighted by Gasteiger charge is -2.36. The van der Waals surface area contributed by atoms with Gasteiger partial charge >= 0.3 is 6.36 Å². The van der Waals surface area contributed by atoms with Crippen molar-refractivity contribution >= 4 is 34.0 Å². The normalized spacial score (nSPS) is 13.9. The molecule has 1 aromatic heterocycles. The number of fused-ring (bicyclic) bond motifs is 1. The Bertz CT molecular complexity index is 1390. The van der Waals surface area contributed by atoms with Crippen LogP contribution in [0.5, 0.6) is 11.5 Å². The van der Waals surface area contributed by atoms with E-state index in [1.807, 2.05) is 42.5 Å². The number of carbonyl (C=O) groups excluding carboxylic acids is 1. The number of hydrogen-bond acceptors (Lipinski definition) is 6. The van der Waals surface area contributed by atoms with Crippen LogP contribution in [0.2, 0.25) is 0 Å². The number of piperazine rings is 1. The number of aromatic nitrogens is 1. The van der Waals surface area contributed by atoms with E-state index in [9.17, 15) is 18.0 Å². The molecule has 1 amide bonds. The van der Waals surface area contributed by atoms with Gasteiger partial charge in [0.15, 0.2) is 6.61 Å². The first-order valence-corrected chi connectivity index (χ1v) is 12.1. The van der Waals surface area contributed by atoms with Crippen molar-refractivity contribution in [3.05, 3.63) is 84.9 Å². The Kier molecular flexibility index (Phi) is 7.21. The molecule has 1 fully saturated rings. The van der Waals surface area contributed by atoms with Gasteiger partial charge in [0, 0.05) is 42.9 Å². The lowest BCUT2D eigenvalue weighted by molar-refractivity contribution is -0.274. The Morgan fingerprint density at radius 1 is 0.842 bits per heavy atom. The van der Waals surface area contributed by atoms with E-state index in [1.54, 1.807) is 6.07 Å². The van der Waals surface area contributed by atoms with E-state index in [4.69, 9.17) is 9.72 Å². The van der Waals surface area contributed by atoms with E-state index in [0.29, 0.717) is 17.0 Å². The number of pyridine rings is 1. The summed E-state index contributed by atoms with van der Waals surface area (Å²) >= 11 is 0. The highest BCUT2D eigenvalue weighted by atomic mass is 19.4. The number of nitrogens with one attached hydrogen (secondary N) is 1. The molecule has 0 unspecified atom stereocenters. The number of carbonyl (C=O) groups is 1. The van der Waals surface area contributed by atoms with E-state index in [1.165, 1.54) is 17.8 Å². The number of rotatable bonds is 7. The Balaban J connectivity index is 1.21. The highest BCUT2D eigenvalue weighted by Crippen LogP contribution is 2.28. The lowest BCUT2D eigenvalue weighted by Crippen LogP contribution is -2.46. The fraction of sp³-hybridized carbons (Fsp3) is 0.214. The third kappa shape index (κ3) is 6.26. The van der Waals surface area contributed by atoms with E-state index in [0.717, 1.165) is 49.5 Å². The van der Waals surface area contributed by atoms with Gasteiger partial charge in [-0.2, -0.15) is 0 Å². The summed E-state index contributed by atoms with van der Waals surface area (Å²) in [7, 11) is 0. The summed E-state index contributed by atoms with van der Waals surface area (Å²) in [5, 5.41) is 3.48. The zero-order valence-corrected chi connectivity index (χ0v) is 20.3. The maximum absolute atomic E-state index is 12.4.